The van der Waals surface area contributed by atoms with Crippen LogP contribution in [-0.2, 0) is 24.2 Å². The fourth-order valence-electron chi connectivity index (χ4n) is 4.30. The Morgan fingerprint density at radius 2 is 2.04 bits per heavy atom. The van der Waals surface area contributed by atoms with E-state index in [0.29, 0.717) is 18.9 Å². The Balaban J connectivity index is 1.35. The molecule has 2 aromatic carbocycles. The van der Waals surface area contributed by atoms with Gasteiger partial charge in [0.05, 0.1) is 0 Å². The zero-order valence-electron chi connectivity index (χ0n) is 14.9. The average molecular weight is 334 g/mol. The van der Waals surface area contributed by atoms with Gasteiger partial charge in [0.1, 0.15) is 0 Å². The molecule has 130 valence electrons. The maximum atomic E-state index is 12.4. The summed E-state index contributed by atoms with van der Waals surface area (Å²) in [5, 5.41) is 3.12. The highest BCUT2D eigenvalue weighted by molar-refractivity contribution is 5.77. The molecule has 0 bridgehead atoms. The Hall–Kier alpha value is -2.29. The Morgan fingerprint density at radius 3 is 2.96 bits per heavy atom. The minimum atomic E-state index is 0.163. The number of hydrogen-bond acceptors (Lipinski definition) is 2. The van der Waals surface area contributed by atoms with Crippen LogP contribution in [-0.4, -0.2) is 19.5 Å². The molecule has 1 atom stereocenters. The first-order valence-electron chi connectivity index (χ1n) is 9.38. The molecule has 1 N–H and O–H groups in total. The molecule has 25 heavy (non-hydrogen) atoms. The number of nitrogens with zero attached hydrogens (tertiary/aromatic N) is 1. The third-order valence-electron chi connectivity index (χ3n) is 5.67. The van der Waals surface area contributed by atoms with Crippen molar-refractivity contribution < 1.29 is 4.79 Å². The number of aryl methyl sites for hydroxylation is 2. The SMILES string of the molecule is CN1CCCc2cc(CNC(=O)CC3CCc4ccccc43)ccc21. The first-order chi connectivity index (χ1) is 12.2. The molecule has 1 aliphatic carbocycles. The molecule has 1 heterocycles. The summed E-state index contributed by atoms with van der Waals surface area (Å²) < 4.78 is 0. The van der Waals surface area contributed by atoms with Crippen LogP contribution in [0.3, 0.4) is 0 Å². The zero-order chi connectivity index (χ0) is 17.2. The Labute approximate surface area is 150 Å². The predicted octanol–water partition coefficient (Wildman–Crippen LogP) is 3.81. The number of carbonyl (C=O) groups is 1. The van der Waals surface area contributed by atoms with Crippen LogP contribution in [0, 0.1) is 0 Å². The lowest BCUT2D eigenvalue weighted by Crippen LogP contribution is -2.26. The van der Waals surface area contributed by atoms with E-state index in [0.717, 1.165) is 25.8 Å². The van der Waals surface area contributed by atoms with Gasteiger partial charge < -0.3 is 10.2 Å². The second-order valence-corrected chi connectivity index (χ2v) is 7.40. The fraction of sp³-hybridized carbons (Fsp3) is 0.409. The summed E-state index contributed by atoms with van der Waals surface area (Å²) in [5.41, 5.74) is 6.73. The van der Waals surface area contributed by atoms with Crippen LogP contribution in [0.1, 0.15) is 47.4 Å². The van der Waals surface area contributed by atoms with Crippen molar-refractivity contribution in [3.05, 3.63) is 64.7 Å². The predicted molar refractivity (Wildman–Crippen MR) is 102 cm³/mol. The molecule has 3 nitrogen and oxygen atoms in total. The molecule has 2 aromatic rings. The van der Waals surface area contributed by atoms with Crippen molar-refractivity contribution >= 4 is 11.6 Å². The van der Waals surface area contributed by atoms with Gasteiger partial charge in [0.2, 0.25) is 5.91 Å². The van der Waals surface area contributed by atoms with E-state index < -0.39 is 0 Å². The molecule has 1 amide bonds. The number of hydrogen-bond donors (Lipinski definition) is 1. The minimum Gasteiger partial charge on any atom is -0.374 e. The van der Waals surface area contributed by atoms with E-state index in [1.54, 1.807) is 0 Å². The molecule has 0 saturated carbocycles. The molecule has 0 spiro atoms. The highest BCUT2D eigenvalue weighted by Crippen LogP contribution is 2.35. The molecule has 1 aliphatic heterocycles. The van der Waals surface area contributed by atoms with Crippen molar-refractivity contribution in [2.24, 2.45) is 0 Å². The topological polar surface area (TPSA) is 32.3 Å². The van der Waals surface area contributed by atoms with Crippen molar-refractivity contribution in [1.82, 2.24) is 5.32 Å². The Bertz CT molecular complexity index is 783. The number of nitrogens with one attached hydrogen (secondary N) is 1. The molecule has 4 rings (SSSR count). The van der Waals surface area contributed by atoms with E-state index in [1.807, 2.05) is 0 Å². The first-order valence-corrected chi connectivity index (χ1v) is 9.38. The van der Waals surface area contributed by atoms with Crippen molar-refractivity contribution in [3.8, 4) is 0 Å². The summed E-state index contributed by atoms with van der Waals surface area (Å²) in [4.78, 5) is 14.7. The molecule has 2 aliphatic rings. The van der Waals surface area contributed by atoms with Gasteiger partial charge in [0.15, 0.2) is 0 Å². The molecule has 0 saturated heterocycles. The lowest BCUT2D eigenvalue weighted by Gasteiger charge is -2.27. The van der Waals surface area contributed by atoms with Crippen LogP contribution in [0.2, 0.25) is 0 Å². The minimum absolute atomic E-state index is 0.163. The molecule has 0 aromatic heterocycles. The highest BCUT2D eigenvalue weighted by Gasteiger charge is 2.24. The molecular weight excluding hydrogens is 308 g/mol. The number of amides is 1. The standard InChI is InChI=1S/C22H26N2O/c1-24-12-4-6-19-13-16(8-11-21(19)24)15-23-22(25)14-18-10-9-17-5-2-3-7-20(17)18/h2-3,5,7-8,11,13,18H,4,6,9-10,12,14-15H2,1H3,(H,23,25). The average Bonchev–Trinajstić information content (AvgIpc) is 3.03. The van der Waals surface area contributed by atoms with Crippen LogP contribution in [0.4, 0.5) is 5.69 Å². The van der Waals surface area contributed by atoms with Gasteiger partial charge >= 0.3 is 0 Å². The van der Waals surface area contributed by atoms with Gasteiger partial charge in [-0.1, -0.05) is 36.4 Å². The Morgan fingerprint density at radius 1 is 1.16 bits per heavy atom. The fourth-order valence-corrected chi connectivity index (χ4v) is 4.30. The zero-order valence-corrected chi connectivity index (χ0v) is 14.9. The summed E-state index contributed by atoms with van der Waals surface area (Å²) in [6.07, 6.45) is 5.15. The molecule has 3 heteroatoms. The van der Waals surface area contributed by atoms with Crippen LogP contribution in [0.15, 0.2) is 42.5 Å². The number of rotatable bonds is 4. The van der Waals surface area contributed by atoms with Crippen molar-refractivity contribution in [1.29, 1.82) is 0 Å². The van der Waals surface area contributed by atoms with Gasteiger partial charge in [0, 0.05) is 32.2 Å². The lowest BCUT2D eigenvalue weighted by atomic mass is 9.97. The van der Waals surface area contributed by atoms with Crippen molar-refractivity contribution in [2.45, 2.75) is 44.6 Å². The number of anilines is 1. The summed E-state index contributed by atoms with van der Waals surface area (Å²) in [6.45, 7) is 1.76. The maximum absolute atomic E-state index is 12.4. The van der Waals surface area contributed by atoms with Gasteiger partial charge in [-0.3, -0.25) is 4.79 Å². The van der Waals surface area contributed by atoms with Gasteiger partial charge in [-0.15, -0.1) is 0 Å². The van der Waals surface area contributed by atoms with E-state index in [9.17, 15) is 4.79 Å². The quantitative estimate of drug-likeness (QED) is 0.922. The van der Waals surface area contributed by atoms with Crippen LogP contribution in [0.5, 0.6) is 0 Å². The summed E-state index contributed by atoms with van der Waals surface area (Å²) in [7, 11) is 2.15. The van der Waals surface area contributed by atoms with E-state index >= 15 is 0 Å². The van der Waals surface area contributed by atoms with E-state index in [-0.39, 0.29) is 5.91 Å². The van der Waals surface area contributed by atoms with Gasteiger partial charge in [-0.25, -0.2) is 0 Å². The van der Waals surface area contributed by atoms with Crippen molar-refractivity contribution in [3.63, 3.8) is 0 Å². The van der Waals surface area contributed by atoms with Crippen LogP contribution < -0.4 is 10.2 Å². The van der Waals surface area contributed by atoms with Gasteiger partial charge in [0.25, 0.3) is 0 Å². The largest absolute Gasteiger partial charge is 0.374 e. The van der Waals surface area contributed by atoms with Gasteiger partial charge in [-0.2, -0.15) is 0 Å². The number of benzene rings is 2. The first kappa shape index (κ1) is 16.2. The molecule has 0 fully saturated rings. The van der Waals surface area contributed by atoms with Crippen LogP contribution >= 0.6 is 0 Å². The van der Waals surface area contributed by atoms with E-state index in [4.69, 9.17) is 0 Å². The normalized spacial score (nSPS) is 18.6. The van der Waals surface area contributed by atoms with E-state index in [1.165, 1.54) is 34.4 Å². The van der Waals surface area contributed by atoms with Crippen molar-refractivity contribution in [2.75, 3.05) is 18.5 Å². The Kier molecular flexibility index (Phi) is 4.48. The maximum Gasteiger partial charge on any atom is 0.220 e. The molecule has 1 unspecified atom stereocenters. The monoisotopic (exact) mass is 334 g/mol. The summed E-state index contributed by atoms with van der Waals surface area (Å²) >= 11 is 0. The second kappa shape index (κ2) is 6.91. The lowest BCUT2D eigenvalue weighted by molar-refractivity contribution is -0.121. The smallest absolute Gasteiger partial charge is 0.220 e. The summed E-state index contributed by atoms with van der Waals surface area (Å²) in [6, 6.07) is 15.1. The summed E-state index contributed by atoms with van der Waals surface area (Å²) in [5.74, 6) is 0.546. The second-order valence-electron chi connectivity index (χ2n) is 7.40. The number of carbonyl (C=O) groups excluding carboxylic acids is 1. The third-order valence-corrected chi connectivity index (χ3v) is 5.67. The highest BCUT2D eigenvalue weighted by atomic mass is 16.1. The number of fused-ring (bicyclic) bond motifs is 2. The molecular formula is C22H26N2O. The molecule has 0 radical (unpaired) electrons. The van der Waals surface area contributed by atoms with Crippen LogP contribution in [0.25, 0.3) is 0 Å². The third kappa shape index (κ3) is 3.41. The van der Waals surface area contributed by atoms with E-state index in [2.05, 4.69) is 59.7 Å². The van der Waals surface area contributed by atoms with Gasteiger partial charge in [-0.05, 0) is 59.9 Å².